The molecule has 4 rings (SSSR count). The average Bonchev–Trinajstić information content (AvgIpc) is 2.72. The van der Waals surface area contributed by atoms with Crippen molar-refractivity contribution < 1.29 is 13.2 Å². The Hall–Kier alpha value is -2.80. The highest BCUT2D eigenvalue weighted by Gasteiger charge is 2.33. The van der Waals surface area contributed by atoms with E-state index < -0.39 is 11.7 Å². The van der Waals surface area contributed by atoms with Crippen LogP contribution in [0.15, 0.2) is 48.8 Å². The second-order valence-corrected chi connectivity index (χ2v) is 8.97. The van der Waals surface area contributed by atoms with Crippen molar-refractivity contribution in [2.45, 2.75) is 51.9 Å². The molecule has 0 unspecified atom stereocenters. The smallest absolute Gasteiger partial charge is 0.294 e. The third-order valence-electron chi connectivity index (χ3n) is 5.42. The van der Waals surface area contributed by atoms with Crippen molar-refractivity contribution in [2.75, 3.05) is 6.54 Å². The van der Waals surface area contributed by atoms with Gasteiger partial charge in [-0.3, -0.25) is 9.88 Å². The van der Waals surface area contributed by atoms with Crippen LogP contribution in [0.5, 0.6) is 0 Å². The maximum Gasteiger partial charge on any atom is 0.417 e. The first-order chi connectivity index (χ1) is 14.6. The van der Waals surface area contributed by atoms with Gasteiger partial charge in [-0.15, -0.1) is 0 Å². The van der Waals surface area contributed by atoms with Crippen LogP contribution in [-0.4, -0.2) is 26.4 Å². The van der Waals surface area contributed by atoms with E-state index in [4.69, 9.17) is 4.98 Å². The van der Waals surface area contributed by atoms with Crippen LogP contribution in [0.2, 0.25) is 0 Å². The molecule has 0 aliphatic carbocycles. The molecule has 162 valence electrons. The average molecular weight is 426 g/mol. The molecule has 4 nitrogen and oxygen atoms in total. The highest BCUT2D eigenvalue weighted by atomic mass is 19.4. The summed E-state index contributed by atoms with van der Waals surface area (Å²) < 4.78 is 39.9. The van der Waals surface area contributed by atoms with Gasteiger partial charge >= 0.3 is 6.18 Å². The lowest BCUT2D eigenvalue weighted by Crippen LogP contribution is -2.32. The number of halogens is 3. The Balaban J connectivity index is 1.48. The lowest BCUT2D eigenvalue weighted by atomic mass is 9.95. The topological polar surface area (TPSA) is 41.9 Å². The molecule has 31 heavy (non-hydrogen) atoms. The normalized spacial score (nSPS) is 15.0. The molecule has 3 aromatic rings. The fraction of sp³-hybridized carbons (Fsp3) is 0.375. The lowest BCUT2D eigenvalue weighted by Gasteiger charge is -2.29. The van der Waals surface area contributed by atoms with E-state index in [9.17, 15) is 13.2 Å². The van der Waals surface area contributed by atoms with Crippen molar-refractivity contribution in [3.05, 3.63) is 77.0 Å². The molecule has 0 saturated heterocycles. The minimum Gasteiger partial charge on any atom is -0.294 e. The van der Waals surface area contributed by atoms with Crippen molar-refractivity contribution in [2.24, 2.45) is 0 Å². The fourth-order valence-electron chi connectivity index (χ4n) is 3.76. The van der Waals surface area contributed by atoms with E-state index in [1.165, 1.54) is 12.1 Å². The number of hydrogen-bond donors (Lipinski definition) is 0. The molecule has 1 aromatic carbocycles. The number of pyridine rings is 1. The third kappa shape index (κ3) is 4.77. The Morgan fingerprint density at radius 1 is 0.968 bits per heavy atom. The molecule has 7 heteroatoms. The van der Waals surface area contributed by atoms with Gasteiger partial charge in [-0.25, -0.2) is 9.97 Å². The minimum absolute atomic E-state index is 0.0791. The quantitative estimate of drug-likeness (QED) is 0.561. The molecule has 0 atom stereocenters. The van der Waals surface area contributed by atoms with E-state index in [2.05, 4.69) is 35.6 Å². The summed E-state index contributed by atoms with van der Waals surface area (Å²) in [6.07, 6.45) is 0.0279. The summed E-state index contributed by atoms with van der Waals surface area (Å²) in [5.41, 5.74) is 2.87. The zero-order valence-corrected chi connectivity index (χ0v) is 17.9. The zero-order chi connectivity index (χ0) is 22.2. The number of benzene rings is 1. The second-order valence-electron chi connectivity index (χ2n) is 8.97. The molecular formula is C24H25F3N4. The van der Waals surface area contributed by atoms with E-state index in [1.807, 2.05) is 12.3 Å². The fourth-order valence-corrected chi connectivity index (χ4v) is 3.76. The van der Waals surface area contributed by atoms with Gasteiger partial charge in [0, 0.05) is 60.7 Å². The van der Waals surface area contributed by atoms with E-state index in [1.54, 1.807) is 18.3 Å². The Bertz CT molecular complexity index is 1070. The summed E-state index contributed by atoms with van der Waals surface area (Å²) in [6, 6.07) is 9.05. The lowest BCUT2D eigenvalue weighted by molar-refractivity contribution is -0.137. The Morgan fingerprint density at radius 3 is 2.42 bits per heavy atom. The van der Waals surface area contributed by atoms with Gasteiger partial charge in [-0.2, -0.15) is 13.2 Å². The summed E-state index contributed by atoms with van der Waals surface area (Å²) in [7, 11) is 0. The Kier molecular flexibility index (Phi) is 5.56. The molecule has 3 heterocycles. The minimum atomic E-state index is -4.41. The van der Waals surface area contributed by atoms with Crippen LogP contribution in [0.25, 0.3) is 11.3 Å². The highest BCUT2D eigenvalue weighted by molar-refractivity contribution is 5.64. The molecule has 2 aromatic heterocycles. The van der Waals surface area contributed by atoms with E-state index in [-0.39, 0.29) is 11.0 Å². The van der Waals surface area contributed by atoms with E-state index >= 15 is 0 Å². The number of alkyl halides is 3. The molecule has 0 fully saturated rings. The summed E-state index contributed by atoms with van der Waals surface area (Å²) in [6.45, 7) is 8.61. The van der Waals surface area contributed by atoms with Gasteiger partial charge in [-0.05, 0) is 17.7 Å². The van der Waals surface area contributed by atoms with Crippen molar-refractivity contribution in [1.29, 1.82) is 0 Å². The standard InChI is InChI=1S/C24H25F3N4/c1-23(2,3)22-29-13-17-15-31(11-10-20(17)30-22)14-16-8-9-21(28-12-16)18-6-4-5-7-19(18)24(25,26)27/h4-9,12-13H,10-11,14-15H2,1-3H3. The largest absolute Gasteiger partial charge is 0.417 e. The van der Waals surface area contributed by atoms with Gasteiger partial charge in [0.05, 0.1) is 11.3 Å². The Morgan fingerprint density at radius 2 is 1.74 bits per heavy atom. The van der Waals surface area contributed by atoms with Crippen LogP contribution in [0.4, 0.5) is 13.2 Å². The zero-order valence-electron chi connectivity index (χ0n) is 17.9. The predicted octanol–water partition coefficient (Wildman–Crippen LogP) is 5.41. The highest BCUT2D eigenvalue weighted by Crippen LogP contribution is 2.36. The van der Waals surface area contributed by atoms with Crippen LogP contribution >= 0.6 is 0 Å². The number of aromatic nitrogens is 3. The molecule has 0 spiro atoms. The molecule has 0 bridgehead atoms. The number of rotatable bonds is 3. The van der Waals surface area contributed by atoms with Gasteiger partial charge in [0.25, 0.3) is 0 Å². The van der Waals surface area contributed by atoms with Crippen LogP contribution < -0.4 is 0 Å². The molecular weight excluding hydrogens is 401 g/mol. The number of nitrogens with zero attached hydrogens (tertiary/aromatic N) is 4. The molecule has 0 radical (unpaired) electrons. The SMILES string of the molecule is CC(C)(C)c1ncc2c(n1)CCN(Cc1ccc(-c3ccccc3C(F)(F)F)nc1)C2. The van der Waals surface area contributed by atoms with Gasteiger partial charge in [0.1, 0.15) is 5.82 Å². The Labute approximate surface area is 180 Å². The molecule has 1 aliphatic heterocycles. The van der Waals surface area contributed by atoms with Crippen molar-refractivity contribution in [3.8, 4) is 11.3 Å². The molecule has 0 saturated carbocycles. The van der Waals surface area contributed by atoms with E-state index in [0.717, 1.165) is 48.2 Å². The number of hydrogen-bond acceptors (Lipinski definition) is 4. The van der Waals surface area contributed by atoms with Gasteiger partial charge < -0.3 is 0 Å². The first-order valence-corrected chi connectivity index (χ1v) is 10.3. The molecule has 0 N–H and O–H groups in total. The maximum atomic E-state index is 13.3. The van der Waals surface area contributed by atoms with E-state index in [0.29, 0.717) is 12.2 Å². The number of fused-ring (bicyclic) bond motifs is 1. The first kappa shape index (κ1) is 21.4. The second kappa shape index (κ2) is 8.04. The van der Waals surface area contributed by atoms with Crippen molar-refractivity contribution >= 4 is 0 Å². The maximum absolute atomic E-state index is 13.3. The predicted molar refractivity (Wildman–Crippen MR) is 113 cm³/mol. The van der Waals surface area contributed by atoms with Crippen molar-refractivity contribution in [3.63, 3.8) is 0 Å². The summed E-state index contributed by atoms with van der Waals surface area (Å²) in [5, 5.41) is 0. The van der Waals surface area contributed by atoms with Crippen LogP contribution in [-0.2, 0) is 31.1 Å². The summed E-state index contributed by atoms with van der Waals surface area (Å²) in [5.74, 6) is 0.860. The summed E-state index contributed by atoms with van der Waals surface area (Å²) in [4.78, 5) is 15.9. The molecule has 0 amide bonds. The third-order valence-corrected chi connectivity index (χ3v) is 5.42. The van der Waals surface area contributed by atoms with Gasteiger partial charge in [-0.1, -0.05) is 45.0 Å². The molecule has 1 aliphatic rings. The van der Waals surface area contributed by atoms with Crippen LogP contribution in [0.3, 0.4) is 0 Å². The van der Waals surface area contributed by atoms with Crippen LogP contribution in [0.1, 0.15) is 49.0 Å². The van der Waals surface area contributed by atoms with Gasteiger partial charge in [0.2, 0.25) is 0 Å². The van der Waals surface area contributed by atoms with Gasteiger partial charge in [0.15, 0.2) is 0 Å². The monoisotopic (exact) mass is 426 g/mol. The summed E-state index contributed by atoms with van der Waals surface area (Å²) >= 11 is 0. The first-order valence-electron chi connectivity index (χ1n) is 10.3. The van der Waals surface area contributed by atoms with Crippen molar-refractivity contribution in [1.82, 2.24) is 19.9 Å². The van der Waals surface area contributed by atoms with Crippen LogP contribution in [0, 0.1) is 0 Å².